The fourth-order valence-corrected chi connectivity index (χ4v) is 4.08. The van der Waals surface area contributed by atoms with E-state index in [0.29, 0.717) is 6.54 Å². The molecule has 2 aromatic carbocycles. The number of rotatable bonds is 7. The van der Waals surface area contributed by atoms with Gasteiger partial charge < -0.3 is 10.2 Å². The zero-order valence-corrected chi connectivity index (χ0v) is 16.2. The Hall–Kier alpha value is -2.40. The Morgan fingerprint density at radius 3 is 2.29 bits per heavy atom. The van der Waals surface area contributed by atoms with Gasteiger partial charge in [-0.2, -0.15) is 0 Å². The molecule has 2 aliphatic rings. The van der Waals surface area contributed by atoms with Gasteiger partial charge in [0.15, 0.2) is 0 Å². The summed E-state index contributed by atoms with van der Waals surface area (Å²) in [6, 6.07) is 16.9. The molecule has 148 valence electrons. The maximum absolute atomic E-state index is 13.1. The molecule has 1 saturated carbocycles. The maximum Gasteiger partial charge on any atom is 0.230 e. The lowest BCUT2D eigenvalue weighted by Crippen LogP contribution is -2.47. The minimum Gasteiger partial charge on any atom is -0.369 e. The van der Waals surface area contributed by atoms with Crippen molar-refractivity contribution < 1.29 is 9.18 Å². The first kappa shape index (κ1) is 18.9. The van der Waals surface area contributed by atoms with E-state index in [1.165, 1.54) is 17.8 Å². The Kier molecular flexibility index (Phi) is 5.62. The Balaban J connectivity index is 1.17. The summed E-state index contributed by atoms with van der Waals surface area (Å²) >= 11 is 0. The second-order valence-corrected chi connectivity index (χ2v) is 7.86. The molecule has 0 bridgehead atoms. The van der Waals surface area contributed by atoms with Crippen molar-refractivity contribution >= 4 is 11.6 Å². The number of carbonyl (C=O) groups excluding carboxylic acids is 1. The van der Waals surface area contributed by atoms with Gasteiger partial charge in [-0.05, 0) is 55.6 Å². The molecular formula is C23H28FN3O. The topological polar surface area (TPSA) is 35.6 Å². The van der Waals surface area contributed by atoms with Crippen LogP contribution in [0.5, 0.6) is 0 Å². The van der Waals surface area contributed by atoms with Gasteiger partial charge in [0, 0.05) is 38.4 Å². The van der Waals surface area contributed by atoms with Crippen molar-refractivity contribution in [2.24, 2.45) is 0 Å². The summed E-state index contributed by atoms with van der Waals surface area (Å²) in [5.41, 5.74) is 1.81. The van der Waals surface area contributed by atoms with Gasteiger partial charge in [0.25, 0.3) is 0 Å². The fourth-order valence-electron chi connectivity index (χ4n) is 4.08. The minimum absolute atomic E-state index is 0.0907. The SMILES string of the molecule is O=C(NCCCN1CCN(c2ccccc2)CC1)C1(c2ccc(F)cc2)CC1. The van der Waals surface area contributed by atoms with Gasteiger partial charge >= 0.3 is 0 Å². The van der Waals surface area contributed by atoms with Crippen molar-refractivity contribution in [1.29, 1.82) is 0 Å². The van der Waals surface area contributed by atoms with Crippen molar-refractivity contribution in [1.82, 2.24) is 10.2 Å². The maximum atomic E-state index is 13.1. The molecule has 1 heterocycles. The standard InChI is InChI=1S/C23H28FN3O/c24-20-9-7-19(8-10-20)23(11-12-23)22(28)25-13-4-14-26-15-17-27(18-16-26)21-5-2-1-3-6-21/h1-3,5-10H,4,11-18H2,(H,25,28). The predicted octanol–water partition coefficient (Wildman–Crippen LogP) is 3.19. The summed E-state index contributed by atoms with van der Waals surface area (Å²) < 4.78 is 13.1. The summed E-state index contributed by atoms with van der Waals surface area (Å²) in [5, 5.41) is 3.10. The predicted molar refractivity (Wildman–Crippen MR) is 110 cm³/mol. The van der Waals surface area contributed by atoms with Gasteiger partial charge in [-0.15, -0.1) is 0 Å². The molecular weight excluding hydrogens is 353 g/mol. The van der Waals surface area contributed by atoms with Crippen molar-refractivity contribution in [2.75, 3.05) is 44.2 Å². The zero-order valence-electron chi connectivity index (χ0n) is 16.2. The van der Waals surface area contributed by atoms with Gasteiger partial charge in [0.2, 0.25) is 5.91 Å². The number of hydrogen-bond donors (Lipinski definition) is 1. The highest BCUT2D eigenvalue weighted by molar-refractivity contribution is 5.91. The van der Waals surface area contributed by atoms with Gasteiger partial charge in [0.05, 0.1) is 5.41 Å². The van der Waals surface area contributed by atoms with E-state index in [1.807, 2.05) is 0 Å². The highest BCUT2D eigenvalue weighted by Crippen LogP contribution is 2.48. The Labute approximate surface area is 166 Å². The average Bonchev–Trinajstić information content (AvgIpc) is 3.55. The number of carbonyl (C=O) groups is 1. The van der Waals surface area contributed by atoms with Crippen LogP contribution in [0.25, 0.3) is 0 Å². The van der Waals surface area contributed by atoms with Crippen LogP contribution in [0.2, 0.25) is 0 Å². The summed E-state index contributed by atoms with van der Waals surface area (Å²) in [4.78, 5) is 17.5. The molecule has 1 saturated heterocycles. The molecule has 28 heavy (non-hydrogen) atoms. The molecule has 2 aromatic rings. The first-order chi connectivity index (χ1) is 13.7. The lowest BCUT2D eigenvalue weighted by atomic mass is 9.95. The number of para-hydroxylation sites is 1. The van der Waals surface area contributed by atoms with Gasteiger partial charge in [-0.1, -0.05) is 30.3 Å². The largest absolute Gasteiger partial charge is 0.369 e. The van der Waals surface area contributed by atoms with Crippen LogP contribution in [0.3, 0.4) is 0 Å². The molecule has 1 N–H and O–H groups in total. The van der Waals surface area contributed by atoms with E-state index in [9.17, 15) is 9.18 Å². The van der Waals surface area contributed by atoms with Crippen molar-refractivity contribution in [3.8, 4) is 0 Å². The average molecular weight is 381 g/mol. The molecule has 0 unspecified atom stereocenters. The second kappa shape index (κ2) is 8.31. The van der Waals surface area contributed by atoms with E-state index in [-0.39, 0.29) is 11.7 Å². The van der Waals surface area contributed by atoms with E-state index in [2.05, 4.69) is 45.4 Å². The summed E-state index contributed by atoms with van der Waals surface area (Å²) in [6.07, 6.45) is 2.66. The third kappa shape index (κ3) is 4.20. The van der Waals surface area contributed by atoms with Gasteiger partial charge in [-0.3, -0.25) is 9.69 Å². The molecule has 1 amide bonds. The lowest BCUT2D eigenvalue weighted by molar-refractivity contribution is -0.123. The van der Waals surface area contributed by atoms with Crippen LogP contribution in [0.15, 0.2) is 54.6 Å². The van der Waals surface area contributed by atoms with Crippen LogP contribution in [-0.4, -0.2) is 50.1 Å². The third-order valence-corrected chi connectivity index (χ3v) is 6.01. The molecule has 4 rings (SSSR count). The van der Waals surface area contributed by atoms with Crippen LogP contribution in [-0.2, 0) is 10.2 Å². The van der Waals surface area contributed by atoms with Crippen molar-refractivity contribution in [2.45, 2.75) is 24.7 Å². The molecule has 5 heteroatoms. The highest BCUT2D eigenvalue weighted by atomic mass is 19.1. The van der Waals surface area contributed by atoms with Crippen LogP contribution < -0.4 is 10.2 Å². The van der Waals surface area contributed by atoms with Gasteiger partial charge in [-0.25, -0.2) is 4.39 Å². The van der Waals surface area contributed by atoms with E-state index >= 15 is 0 Å². The van der Waals surface area contributed by atoms with Crippen LogP contribution in [0.4, 0.5) is 10.1 Å². The molecule has 1 aliphatic carbocycles. The molecule has 2 fully saturated rings. The summed E-state index contributed by atoms with van der Waals surface area (Å²) in [5.74, 6) is -0.166. The third-order valence-electron chi connectivity index (χ3n) is 6.01. The van der Waals surface area contributed by atoms with Crippen LogP contribution >= 0.6 is 0 Å². The van der Waals surface area contributed by atoms with E-state index in [4.69, 9.17) is 0 Å². The number of amides is 1. The second-order valence-electron chi connectivity index (χ2n) is 7.86. The summed E-state index contributed by atoms with van der Waals surface area (Å²) in [6.45, 7) is 5.91. The first-order valence-electron chi connectivity index (χ1n) is 10.2. The molecule has 0 aromatic heterocycles. The normalized spacial score (nSPS) is 18.7. The number of nitrogens with zero attached hydrogens (tertiary/aromatic N) is 2. The zero-order chi connectivity index (χ0) is 19.4. The molecule has 0 radical (unpaired) electrons. The number of hydrogen-bond acceptors (Lipinski definition) is 3. The minimum atomic E-state index is -0.422. The number of piperazine rings is 1. The molecule has 1 aliphatic heterocycles. The number of benzene rings is 2. The molecule has 0 spiro atoms. The first-order valence-corrected chi connectivity index (χ1v) is 10.2. The van der Waals surface area contributed by atoms with Gasteiger partial charge in [0.1, 0.15) is 5.82 Å². The van der Waals surface area contributed by atoms with Crippen LogP contribution in [0.1, 0.15) is 24.8 Å². The lowest BCUT2D eigenvalue weighted by Gasteiger charge is -2.36. The smallest absolute Gasteiger partial charge is 0.230 e. The fraction of sp³-hybridized carbons (Fsp3) is 0.435. The quantitative estimate of drug-likeness (QED) is 0.749. The monoisotopic (exact) mass is 381 g/mol. The number of anilines is 1. The molecule has 4 nitrogen and oxygen atoms in total. The Morgan fingerprint density at radius 2 is 1.64 bits per heavy atom. The van der Waals surface area contributed by atoms with E-state index in [1.54, 1.807) is 12.1 Å². The van der Waals surface area contributed by atoms with Crippen molar-refractivity contribution in [3.05, 3.63) is 66.0 Å². The number of halogens is 1. The molecule has 0 atom stereocenters. The van der Waals surface area contributed by atoms with E-state index in [0.717, 1.165) is 57.5 Å². The van der Waals surface area contributed by atoms with Crippen molar-refractivity contribution in [3.63, 3.8) is 0 Å². The Bertz CT molecular complexity index is 781. The van der Waals surface area contributed by atoms with Crippen LogP contribution in [0, 0.1) is 5.82 Å². The number of nitrogens with one attached hydrogen (secondary N) is 1. The van der Waals surface area contributed by atoms with E-state index < -0.39 is 5.41 Å². The summed E-state index contributed by atoms with van der Waals surface area (Å²) in [7, 11) is 0. The highest BCUT2D eigenvalue weighted by Gasteiger charge is 2.50. The Morgan fingerprint density at radius 1 is 0.964 bits per heavy atom.